The van der Waals surface area contributed by atoms with Crippen LogP contribution in [0.3, 0.4) is 0 Å². The molecular weight excluding hydrogens is 250 g/mol. The van der Waals surface area contributed by atoms with Gasteiger partial charge in [-0.3, -0.25) is 4.79 Å². The molecule has 0 bridgehead atoms. The maximum absolute atomic E-state index is 11.1. The second-order valence-electron chi connectivity index (χ2n) is 5.93. The first-order chi connectivity index (χ1) is 9.49. The summed E-state index contributed by atoms with van der Waals surface area (Å²) in [6, 6.07) is 8.59. The van der Waals surface area contributed by atoms with Crippen LogP contribution in [0.4, 0.5) is 0 Å². The molecule has 0 aliphatic carbocycles. The lowest BCUT2D eigenvalue weighted by Gasteiger charge is -2.36. The predicted molar refractivity (Wildman–Crippen MR) is 81.0 cm³/mol. The minimum atomic E-state index is -0.261. The van der Waals surface area contributed by atoms with Gasteiger partial charge in [-0.2, -0.15) is 0 Å². The van der Waals surface area contributed by atoms with Gasteiger partial charge in [0.2, 0.25) is 0 Å². The summed E-state index contributed by atoms with van der Waals surface area (Å²) in [6.07, 6.45) is 3.50. The van der Waals surface area contributed by atoms with E-state index in [0.29, 0.717) is 11.8 Å². The van der Waals surface area contributed by atoms with Crippen molar-refractivity contribution in [3.63, 3.8) is 0 Å². The highest BCUT2D eigenvalue weighted by Gasteiger charge is 2.43. The molecule has 1 heterocycles. The van der Waals surface area contributed by atoms with Gasteiger partial charge in [0.05, 0.1) is 0 Å². The number of ether oxygens (including phenoxy) is 1. The van der Waals surface area contributed by atoms with E-state index in [0.717, 1.165) is 13.0 Å². The minimum Gasteiger partial charge on any atom is -0.427 e. The van der Waals surface area contributed by atoms with Gasteiger partial charge < -0.3 is 9.64 Å². The third-order valence-corrected chi connectivity index (χ3v) is 4.74. The zero-order chi connectivity index (χ0) is 14.8. The second-order valence-corrected chi connectivity index (χ2v) is 5.93. The van der Waals surface area contributed by atoms with Crippen molar-refractivity contribution in [3.05, 3.63) is 29.8 Å². The monoisotopic (exact) mass is 275 g/mol. The van der Waals surface area contributed by atoms with Gasteiger partial charge in [0.25, 0.3) is 0 Å². The van der Waals surface area contributed by atoms with Crippen molar-refractivity contribution in [2.75, 3.05) is 13.6 Å². The Hall–Kier alpha value is -1.35. The Labute approximate surface area is 121 Å². The van der Waals surface area contributed by atoms with Gasteiger partial charge >= 0.3 is 5.97 Å². The molecule has 2 rings (SSSR count). The number of rotatable bonds is 4. The van der Waals surface area contributed by atoms with E-state index in [-0.39, 0.29) is 11.4 Å². The van der Waals surface area contributed by atoms with E-state index in [4.69, 9.17) is 4.74 Å². The Kier molecular flexibility index (Phi) is 4.48. The van der Waals surface area contributed by atoms with Crippen LogP contribution in [0.15, 0.2) is 24.3 Å². The maximum Gasteiger partial charge on any atom is 0.308 e. The van der Waals surface area contributed by atoms with Crippen molar-refractivity contribution in [2.24, 2.45) is 0 Å². The van der Waals surface area contributed by atoms with Gasteiger partial charge in [-0.05, 0) is 51.1 Å². The number of carbonyl (C=O) groups excluding carboxylic acids is 1. The molecule has 3 nitrogen and oxygen atoms in total. The first kappa shape index (κ1) is 15.0. The highest BCUT2D eigenvalue weighted by molar-refractivity contribution is 5.69. The first-order valence-electron chi connectivity index (χ1n) is 7.49. The fraction of sp³-hybridized carbons (Fsp3) is 0.588. The zero-order valence-corrected chi connectivity index (χ0v) is 13.0. The Morgan fingerprint density at radius 3 is 2.80 bits per heavy atom. The average molecular weight is 275 g/mol. The average Bonchev–Trinajstić information content (AvgIpc) is 2.68. The molecule has 0 spiro atoms. The lowest BCUT2D eigenvalue weighted by Crippen LogP contribution is -2.38. The number of hydrogen-bond acceptors (Lipinski definition) is 3. The van der Waals surface area contributed by atoms with Crippen molar-refractivity contribution in [3.8, 4) is 5.75 Å². The van der Waals surface area contributed by atoms with E-state index < -0.39 is 0 Å². The molecule has 0 aromatic heterocycles. The maximum atomic E-state index is 11.1. The largest absolute Gasteiger partial charge is 0.427 e. The fourth-order valence-corrected chi connectivity index (χ4v) is 3.55. The summed E-state index contributed by atoms with van der Waals surface area (Å²) in [5, 5.41) is 0. The number of nitrogens with zero attached hydrogens (tertiary/aromatic N) is 1. The molecular formula is C17H25NO2. The molecule has 1 aromatic rings. The topological polar surface area (TPSA) is 29.5 Å². The molecule has 0 radical (unpaired) electrons. The van der Waals surface area contributed by atoms with Crippen molar-refractivity contribution >= 4 is 5.97 Å². The third-order valence-electron chi connectivity index (χ3n) is 4.74. The SMILES string of the molecule is CCCC1(c2cccc(OC(C)=O)c2)CCN(C)C1C. The van der Waals surface area contributed by atoms with Crippen LogP contribution in [0.5, 0.6) is 5.75 Å². The van der Waals surface area contributed by atoms with E-state index in [1.165, 1.54) is 25.3 Å². The summed E-state index contributed by atoms with van der Waals surface area (Å²) in [5.74, 6) is 0.399. The Balaban J connectivity index is 2.37. The van der Waals surface area contributed by atoms with Crippen LogP contribution in [-0.4, -0.2) is 30.5 Å². The molecule has 0 amide bonds. The van der Waals surface area contributed by atoms with Crippen LogP contribution in [0.1, 0.15) is 45.6 Å². The van der Waals surface area contributed by atoms with E-state index in [9.17, 15) is 4.79 Å². The number of carbonyl (C=O) groups is 1. The number of hydrogen-bond donors (Lipinski definition) is 0. The van der Waals surface area contributed by atoms with Crippen molar-refractivity contribution < 1.29 is 9.53 Å². The molecule has 0 N–H and O–H groups in total. The summed E-state index contributed by atoms with van der Waals surface area (Å²) in [7, 11) is 2.19. The smallest absolute Gasteiger partial charge is 0.308 e. The molecule has 110 valence electrons. The summed E-state index contributed by atoms with van der Waals surface area (Å²) in [4.78, 5) is 13.6. The normalized spacial score (nSPS) is 26.7. The van der Waals surface area contributed by atoms with Gasteiger partial charge in [0.15, 0.2) is 0 Å². The molecule has 0 saturated carbocycles. The van der Waals surface area contributed by atoms with Crippen LogP contribution in [0, 0.1) is 0 Å². The molecule has 1 aromatic carbocycles. The third kappa shape index (κ3) is 2.73. The molecule has 2 atom stereocenters. The van der Waals surface area contributed by atoms with Crippen LogP contribution in [0.2, 0.25) is 0 Å². The minimum absolute atomic E-state index is 0.180. The Morgan fingerprint density at radius 2 is 2.25 bits per heavy atom. The molecule has 1 aliphatic heterocycles. The molecule has 1 aliphatic rings. The molecule has 20 heavy (non-hydrogen) atoms. The Bertz CT molecular complexity index is 482. The highest BCUT2D eigenvalue weighted by atomic mass is 16.5. The molecule has 1 fully saturated rings. The number of esters is 1. The van der Waals surface area contributed by atoms with Crippen LogP contribution < -0.4 is 4.74 Å². The van der Waals surface area contributed by atoms with Crippen molar-refractivity contribution in [1.82, 2.24) is 4.90 Å². The lowest BCUT2D eigenvalue weighted by atomic mass is 9.71. The molecule has 3 heteroatoms. The van der Waals surface area contributed by atoms with Crippen molar-refractivity contribution in [2.45, 2.75) is 51.5 Å². The number of likely N-dealkylation sites (N-methyl/N-ethyl adjacent to an activating group) is 1. The summed E-state index contributed by atoms with van der Waals surface area (Å²) < 4.78 is 5.25. The van der Waals surface area contributed by atoms with Gasteiger partial charge in [0, 0.05) is 18.4 Å². The second kappa shape index (κ2) is 5.96. The van der Waals surface area contributed by atoms with E-state index >= 15 is 0 Å². The van der Waals surface area contributed by atoms with Crippen molar-refractivity contribution in [1.29, 1.82) is 0 Å². The van der Waals surface area contributed by atoms with Gasteiger partial charge in [0.1, 0.15) is 5.75 Å². The van der Waals surface area contributed by atoms with Crippen LogP contribution >= 0.6 is 0 Å². The Morgan fingerprint density at radius 1 is 1.50 bits per heavy atom. The molecule has 1 saturated heterocycles. The number of benzene rings is 1. The fourth-order valence-electron chi connectivity index (χ4n) is 3.55. The summed E-state index contributed by atoms with van der Waals surface area (Å²) in [6.45, 7) is 7.11. The van der Waals surface area contributed by atoms with Gasteiger partial charge in [-0.15, -0.1) is 0 Å². The standard InChI is InChI=1S/C17H25NO2/c1-5-9-17(10-11-18(4)13(17)2)15-7-6-8-16(12-15)20-14(3)19/h6-8,12-13H,5,9-11H2,1-4H3. The van der Waals surface area contributed by atoms with E-state index in [1.54, 1.807) is 0 Å². The van der Waals surface area contributed by atoms with E-state index in [2.05, 4.69) is 31.9 Å². The quantitative estimate of drug-likeness (QED) is 0.623. The van der Waals surface area contributed by atoms with Crippen LogP contribution in [0.25, 0.3) is 0 Å². The summed E-state index contributed by atoms with van der Waals surface area (Å²) in [5.41, 5.74) is 1.48. The summed E-state index contributed by atoms with van der Waals surface area (Å²) >= 11 is 0. The lowest BCUT2D eigenvalue weighted by molar-refractivity contribution is -0.131. The van der Waals surface area contributed by atoms with E-state index in [1.807, 2.05) is 18.2 Å². The van der Waals surface area contributed by atoms with Crippen LogP contribution in [-0.2, 0) is 10.2 Å². The highest BCUT2D eigenvalue weighted by Crippen LogP contribution is 2.43. The molecule has 2 unspecified atom stereocenters. The van der Waals surface area contributed by atoms with Gasteiger partial charge in [-0.25, -0.2) is 0 Å². The predicted octanol–water partition coefficient (Wildman–Crippen LogP) is 3.37. The van der Waals surface area contributed by atoms with Gasteiger partial charge in [-0.1, -0.05) is 25.5 Å². The zero-order valence-electron chi connectivity index (χ0n) is 13.0. The first-order valence-corrected chi connectivity index (χ1v) is 7.49. The number of likely N-dealkylation sites (tertiary alicyclic amines) is 1.